The molecular formula is C18H18N2O3. The third-order valence-corrected chi connectivity index (χ3v) is 4.33. The van der Waals surface area contributed by atoms with Crippen LogP contribution in [0.1, 0.15) is 45.9 Å². The molecule has 0 saturated heterocycles. The highest BCUT2D eigenvalue weighted by atomic mass is 16.6. The fraction of sp³-hybridized carbons (Fsp3) is 0.278. The summed E-state index contributed by atoms with van der Waals surface area (Å²) in [7, 11) is 0. The zero-order chi connectivity index (χ0) is 16.4. The van der Waals surface area contributed by atoms with Crippen molar-refractivity contribution in [1.82, 2.24) is 5.32 Å². The van der Waals surface area contributed by atoms with Crippen LogP contribution in [0.25, 0.3) is 0 Å². The minimum atomic E-state index is -0.436. The Balaban J connectivity index is 1.80. The lowest BCUT2D eigenvalue weighted by molar-refractivity contribution is -0.385. The minimum absolute atomic E-state index is 0.00273. The van der Waals surface area contributed by atoms with Gasteiger partial charge in [0.25, 0.3) is 11.6 Å². The quantitative estimate of drug-likeness (QED) is 0.694. The van der Waals surface area contributed by atoms with E-state index in [9.17, 15) is 14.9 Å². The first-order chi connectivity index (χ1) is 11.1. The number of nitrogens with one attached hydrogen (secondary N) is 1. The predicted octanol–water partition coefficient (Wildman–Crippen LogP) is 3.71. The number of fused-ring (bicyclic) bond motifs is 1. The summed E-state index contributed by atoms with van der Waals surface area (Å²) >= 11 is 0. The number of nitrogens with zero attached hydrogens (tertiary/aromatic N) is 1. The van der Waals surface area contributed by atoms with Crippen molar-refractivity contribution < 1.29 is 9.72 Å². The Labute approximate surface area is 134 Å². The number of carbonyl (C=O) groups is 1. The molecule has 0 unspecified atom stereocenters. The van der Waals surface area contributed by atoms with Gasteiger partial charge in [0.15, 0.2) is 0 Å². The van der Waals surface area contributed by atoms with E-state index < -0.39 is 4.92 Å². The summed E-state index contributed by atoms with van der Waals surface area (Å²) in [5, 5.41) is 13.9. The van der Waals surface area contributed by atoms with Crippen molar-refractivity contribution >= 4 is 11.6 Å². The Kier molecular flexibility index (Phi) is 4.10. The lowest BCUT2D eigenvalue weighted by Gasteiger charge is -2.26. The Morgan fingerprint density at radius 1 is 1.26 bits per heavy atom. The first kappa shape index (κ1) is 15.2. The highest BCUT2D eigenvalue weighted by Crippen LogP contribution is 2.29. The Morgan fingerprint density at radius 3 is 2.78 bits per heavy atom. The molecule has 2 aromatic rings. The molecule has 1 N–H and O–H groups in total. The van der Waals surface area contributed by atoms with Gasteiger partial charge in [0.1, 0.15) is 0 Å². The van der Waals surface area contributed by atoms with E-state index in [0.29, 0.717) is 11.1 Å². The lowest BCUT2D eigenvalue weighted by atomic mass is 9.87. The molecule has 118 valence electrons. The van der Waals surface area contributed by atoms with Gasteiger partial charge < -0.3 is 5.32 Å². The molecule has 5 heteroatoms. The smallest absolute Gasteiger partial charge is 0.272 e. The molecule has 1 aliphatic carbocycles. The van der Waals surface area contributed by atoms with Crippen molar-refractivity contribution in [2.75, 3.05) is 0 Å². The van der Waals surface area contributed by atoms with Gasteiger partial charge in [0, 0.05) is 17.2 Å². The highest BCUT2D eigenvalue weighted by molar-refractivity contribution is 5.95. The average Bonchev–Trinajstić information content (AvgIpc) is 2.54. The van der Waals surface area contributed by atoms with E-state index in [4.69, 9.17) is 0 Å². The standard InChI is InChI=1S/C18H18N2O3/c1-12-11-14(9-10-17(12)20(22)23)18(21)19-16-8-4-6-13-5-2-3-7-15(13)16/h2-3,5,7,9-11,16H,4,6,8H2,1H3,(H,19,21)/t16-/m1/s1. The zero-order valence-corrected chi connectivity index (χ0v) is 12.9. The maximum atomic E-state index is 12.5. The van der Waals surface area contributed by atoms with Gasteiger partial charge in [-0.3, -0.25) is 14.9 Å². The Morgan fingerprint density at radius 2 is 2.04 bits per heavy atom. The zero-order valence-electron chi connectivity index (χ0n) is 12.9. The monoisotopic (exact) mass is 310 g/mol. The van der Waals surface area contributed by atoms with Crippen LogP contribution in [0.4, 0.5) is 5.69 Å². The van der Waals surface area contributed by atoms with Crippen LogP contribution in [-0.4, -0.2) is 10.8 Å². The minimum Gasteiger partial charge on any atom is -0.345 e. The van der Waals surface area contributed by atoms with Crippen molar-refractivity contribution in [3.05, 3.63) is 74.8 Å². The number of hydrogen-bond acceptors (Lipinski definition) is 3. The van der Waals surface area contributed by atoms with Crippen LogP contribution < -0.4 is 5.32 Å². The van der Waals surface area contributed by atoms with Crippen molar-refractivity contribution in [3.8, 4) is 0 Å². The second kappa shape index (κ2) is 6.20. The fourth-order valence-corrected chi connectivity index (χ4v) is 3.15. The summed E-state index contributed by atoms with van der Waals surface area (Å²) in [5.41, 5.74) is 3.43. The van der Waals surface area contributed by atoms with E-state index in [0.717, 1.165) is 19.3 Å². The summed E-state index contributed by atoms with van der Waals surface area (Å²) in [6.45, 7) is 1.64. The number of rotatable bonds is 3. The van der Waals surface area contributed by atoms with Crippen molar-refractivity contribution in [1.29, 1.82) is 0 Å². The Bertz CT molecular complexity index is 771. The number of nitro benzene ring substituents is 1. The van der Waals surface area contributed by atoms with Crippen LogP contribution in [0.15, 0.2) is 42.5 Å². The predicted molar refractivity (Wildman–Crippen MR) is 87.4 cm³/mol. The van der Waals surface area contributed by atoms with Gasteiger partial charge in [0.05, 0.1) is 11.0 Å². The van der Waals surface area contributed by atoms with Crippen LogP contribution >= 0.6 is 0 Å². The van der Waals surface area contributed by atoms with Gasteiger partial charge in [0.2, 0.25) is 0 Å². The molecule has 2 aromatic carbocycles. The van der Waals surface area contributed by atoms with Crippen molar-refractivity contribution in [2.24, 2.45) is 0 Å². The third-order valence-electron chi connectivity index (χ3n) is 4.33. The summed E-state index contributed by atoms with van der Waals surface area (Å²) in [5.74, 6) is -0.190. The van der Waals surface area contributed by atoms with Crippen LogP contribution in [0.3, 0.4) is 0 Å². The number of amides is 1. The summed E-state index contributed by atoms with van der Waals surface area (Å²) in [6, 6.07) is 12.6. The molecule has 0 radical (unpaired) electrons. The molecule has 1 amide bonds. The first-order valence-corrected chi connectivity index (χ1v) is 7.70. The van der Waals surface area contributed by atoms with E-state index >= 15 is 0 Å². The second-order valence-corrected chi connectivity index (χ2v) is 5.88. The van der Waals surface area contributed by atoms with Gasteiger partial charge in [-0.2, -0.15) is 0 Å². The number of hydrogen-bond donors (Lipinski definition) is 1. The SMILES string of the molecule is Cc1cc(C(=O)N[C@@H]2CCCc3ccccc32)ccc1[N+](=O)[O-]. The molecule has 0 fully saturated rings. The molecule has 3 rings (SSSR count). The number of nitro groups is 1. The molecule has 0 saturated carbocycles. The molecule has 0 spiro atoms. The van der Waals surface area contributed by atoms with Crippen LogP contribution in [0.2, 0.25) is 0 Å². The highest BCUT2D eigenvalue weighted by Gasteiger charge is 2.22. The summed E-state index contributed by atoms with van der Waals surface area (Å²) in [6.07, 6.45) is 3.00. The van der Waals surface area contributed by atoms with E-state index in [1.807, 2.05) is 12.1 Å². The summed E-state index contributed by atoms with van der Waals surface area (Å²) in [4.78, 5) is 22.9. The third kappa shape index (κ3) is 3.08. The molecule has 1 atom stereocenters. The van der Waals surface area contributed by atoms with E-state index in [1.54, 1.807) is 13.0 Å². The molecule has 5 nitrogen and oxygen atoms in total. The average molecular weight is 310 g/mol. The number of aryl methyl sites for hydroxylation is 2. The van der Waals surface area contributed by atoms with Crippen LogP contribution in [-0.2, 0) is 6.42 Å². The molecule has 1 aliphatic rings. The molecule has 23 heavy (non-hydrogen) atoms. The van der Waals surface area contributed by atoms with E-state index in [2.05, 4.69) is 17.4 Å². The molecule has 0 heterocycles. The maximum Gasteiger partial charge on any atom is 0.272 e. The maximum absolute atomic E-state index is 12.5. The topological polar surface area (TPSA) is 72.2 Å². The molecule has 0 aliphatic heterocycles. The van der Waals surface area contributed by atoms with Crippen molar-refractivity contribution in [3.63, 3.8) is 0 Å². The second-order valence-electron chi connectivity index (χ2n) is 5.88. The van der Waals surface area contributed by atoms with Gasteiger partial charge in [-0.1, -0.05) is 24.3 Å². The van der Waals surface area contributed by atoms with Gasteiger partial charge >= 0.3 is 0 Å². The first-order valence-electron chi connectivity index (χ1n) is 7.70. The van der Waals surface area contributed by atoms with Crippen molar-refractivity contribution in [2.45, 2.75) is 32.2 Å². The molecule has 0 aromatic heterocycles. The molecule has 0 bridgehead atoms. The van der Waals surface area contributed by atoms with E-state index in [-0.39, 0.29) is 17.6 Å². The fourth-order valence-electron chi connectivity index (χ4n) is 3.15. The summed E-state index contributed by atoms with van der Waals surface area (Å²) < 4.78 is 0. The largest absolute Gasteiger partial charge is 0.345 e. The van der Waals surface area contributed by atoms with Gasteiger partial charge in [-0.05, 0) is 49.4 Å². The Hall–Kier alpha value is -2.69. The van der Waals surface area contributed by atoms with E-state index in [1.165, 1.54) is 23.3 Å². The van der Waals surface area contributed by atoms with Gasteiger partial charge in [-0.25, -0.2) is 0 Å². The lowest BCUT2D eigenvalue weighted by Crippen LogP contribution is -2.31. The van der Waals surface area contributed by atoms with Crippen LogP contribution in [0, 0.1) is 17.0 Å². The van der Waals surface area contributed by atoms with Gasteiger partial charge in [-0.15, -0.1) is 0 Å². The molecular weight excluding hydrogens is 292 g/mol. The number of carbonyl (C=O) groups excluding carboxylic acids is 1. The van der Waals surface area contributed by atoms with Crippen LogP contribution in [0.5, 0.6) is 0 Å². The normalized spacial score (nSPS) is 16.5. The number of benzene rings is 2.